The summed E-state index contributed by atoms with van der Waals surface area (Å²) in [5.74, 6) is 1.53. The molecule has 160 valence electrons. The topological polar surface area (TPSA) is 57.0 Å². The molecule has 5 aromatic rings. The Bertz CT molecular complexity index is 1470. The Morgan fingerprint density at radius 1 is 1.06 bits per heavy atom. The first-order valence-electron chi connectivity index (χ1n) is 10.2. The van der Waals surface area contributed by atoms with Crippen LogP contribution in [0.25, 0.3) is 20.4 Å². The number of pyridine rings is 1. The lowest BCUT2D eigenvalue weighted by Crippen LogP contribution is -2.23. The second kappa shape index (κ2) is 8.76. The van der Waals surface area contributed by atoms with Crippen molar-refractivity contribution in [1.29, 1.82) is 0 Å². The van der Waals surface area contributed by atoms with Crippen molar-refractivity contribution in [2.24, 2.45) is 0 Å². The minimum Gasteiger partial charge on any atom is -0.497 e. The molecule has 0 radical (unpaired) electrons. The van der Waals surface area contributed by atoms with Crippen LogP contribution < -0.4 is 10.3 Å². The molecule has 5 rings (SSSR count). The fraction of sp³-hybridized carbons (Fsp3) is 0.160. The van der Waals surface area contributed by atoms with E-state index in [4.69, 9.17) is 9.72 Å². The van der Waals surface area contributed by atoms with Gasteiger partial charge in [-0.2, -0.15) is 0 Å². The van der Waals surface area contributed by atoms with Crippen molar-refractivity contribution in [1.82, 2.24) is 14.5 Å². The molecule has 0 saturated carbocycles. The van der Waals surface area contributed by atoms with E-state index < -0.39 is 0 Å². The fourth-order valence-corrected chi connectivity index (χ4v) is 5.72. The van der Waals surface area contributed by atoms with Crippen LogP contribution in [0.15, 0.2) is 76.8 Å². The van der Waals surface area contributed by atoms with E-state index >= 15 is 0 Å². The normalized spacial score (nSPS) is 11.3. The number of benzene rings is 2. The Hall–Kier alpha value is -3.16. The number of aryl methyl sites for hydroxylation is 1. The molecule has 32 heavy (non-hydrogen) atoms. The van der Waals surface area contributed by atoms with Crippen molar-refractivity contribution >= 4 is 43.5 Å². The van der Waals surface area contributed by atoms with Gasteiger partial charge in [0.2, 0.25) is 0 Å². The van der Waals surface area contributed by atoms with Gasteiger partial charge in [0.1, 0.15) is 15.3 Å². The van der Waals surface area contributed by atoms with Crippen molar-refractivity contribution < 1.29 is 4.74 Å². The molecule has 0 saturated heterocycles. The largest absolute Gasteiger partial charge is 0.497 e. The van der Waals surface area contributed by atoms with E-state index in [-0.39, 0.29) is 5.56 Å². The third-order valence-corrected chi connectivity index (χ3v) is 7.55. The van der Waals surface area contributed by atoms with E-state index in [9.17, 15) is 4.79 Å². The average molecular weight is 460 g/mol. The first kappa shape index (κ1) is 20.7. The lowest BCUT2D eigenvalue weighted by Gasteiger charge is -2.13. The molecule has 7 heteroatoms. The maximum atomic E-state index is 13.6. The predicted molar refractivity (Wildman–Crippen MR) is 132 cm³/mol. The molecule has 0 aliphatic rings. The van der Waals surface area contributed by atoms with Gasteiger partial charge in [-0.1, -0.05) is 48.2 Å². The summed E-state index contributed by atoms with van der Waals surface area (Å²) in [5, 5.41) is 1.64. The maximum Gasteiger partial charge on any atom is 0.272 e. The van der Waals surface area contributed by atoms with Gasteiger partial charge in [-0.25, -0.2) is 9.97 Å². The summed E-state index contributed by atoms with van der Waals surface area (Å²) in [6.45, 7) is 2.55. The van der Waals surface area contributed by atoms with Gasteiger partial charge < -0.3 is 4.74 Å². The standard InChI is InChI=1S/C25H21N3O2S2/c1-16-6-3-4-7-18(16)15-31-25-27-21-20-8-5-13-26-23(20)32-22(21)24(29)28(25)14-17-9-11-19(30-2)12-10-17/h3-13H,14-15H2,1-2H3. The van der Waals surface area contributed by atoms with Crippen molar-refractivity contribution in [3.63, 3.8) is 0 Å². The van der Waals surface area contributed by atoms with E-state index in [0.29, 0.717) is 16.4 Å². The minimum atomic E-state index is -0.0268. The van der Waals surface area contributed by atoms with E-state index in [1.54, 1.807) is 29.6 Å². The number of aromatic nitrogens is 3. The van der Waals surface area contributed by atoms with Gasteiger partial charge in [0, 0.05) is 17.3 Å². The van der Waals surface area contributed by atoms with Crippen LogP contribution in [0.5, 0.6) is 5.75 Å². The third kappa shape index (κ3) is 3.89. The maximum absolute atomic E-state index is 13.6. The summed E-state index contributed by atoms with van der Waals surface area (Å²) in [7, 11) is 1.65. The van der Waals surface area contributed by atoms with Crippen molar-refractivity contribution in [3.05, 3.63) is 93.9 Å². The van der Waals surface area contributed by atoms with E-state index in [1.165, 1.54) is 22.5 Å². The quantitative estimate of drug-likeness (QED) is 0.242. The summed E-state index contributed by atoms with van der Waals surface area (Å²) in [5.41, 5.74) is 4.20. The molecule has 0 aliphatic heterocycles. The second-order valence-corrected chi connectivity index (χ2v) is 9.43. The first-order chi connectivity index (χ1) is 15.6. The highest BCUT2D eigenvalue weighted by Crippen LogP contribution is 2.31. The Morgan fingerprint density at radius 3 is 2.66 bits per heavy atom. The summed E-state index contributed by atoms with van der Waals surface area (Å²) in [4.78, 5) is 23.8. The minimum absolute atomic E-state index is 0.0268. The van der Waals surface area contributed by atoms with Gasteiger partial charge in [0.25, 0.3) is 5.56 Å². The van der Waals surface area contributed by atoms with Crippen LogP contribution in [0, 0.1) is 6.92 Å². The molecule has 0 atom stereocenters. The average Bonchev–Trinajstić information content (AvgIpc) is 3.20. The lowest BCUT2D eigenvalue weighted by atomic mass is 10.1. The number of thioether (sulfide) groups is 1. The molecule has 0 spiro atoms. The Morgan fingerprint density at radius 2 is 1.88 bits per heavy atom. The van der Waals surface area contributed by atoms with Crippen molar-refractivity contribution in [2.45, 2.75) is 24.4 Å². The fourth-order valence-electron chi connectivity index (χ4n) is 3.62. The van der Waals surface area contributed by atoms with Crippen LogP contribution in [-0.4, -0.2) is 21.6 Å². The molecule has 3 aromatic heterocycles. The van der Waals surface area contributed by atoms with Gasteiger partial charge in [-0.15, -0.1) is 11.3 Å². The highest BCUT2D eigenvalue weighted by Gasteiger charge is 2.17. The van der Waals surface area contributed by atoms with Crippen LogP contribution in [0.2, 0.25) is 0 Å². The number of rotatable bonds is 6. The van der Waals surface area contributed by atoms with Gasteiger partial charge in [0.05, 0.1) is 19.2 Å². The van der Waals surface area contributed by atoms with E-state index in [2.05, 4.69) is 24.0 Å². The smallest absolute Gasteiger partial charge is 0.272 e. The summed E-state index contributed by atoms with van der Waals surface area (Å²) in [6, 6.07) is 20.0. The number of hydrogen-bond acceptors (Lipinski definition) is 6. The number of nitrogens with zero attached hydrogens (tertiary/aromatic N) is 3. The zero-order valence-corrected chi connectivity index (χ0v) is 19.4. The Balaban J connectivity index is 1.62. The second-order valence-electron chi connectivity index (χ2n) is 7.48. The molecule has 0 N–H and O–H groups in total. The summed E-state index contributed by atoms with van der Waals surface area (Å²) >= 11 is 3.00. The zero-order chi connectivity index (χ0) is 22.1. The molecule has 3 heterocycles. The van der Waals surface area contributed by atoms with Crippen LogP contribution >= 0.6 is 23.1 Å². The van der Waals surface area contributed by atoms with Crippen molar-refractivity contribution in [2.75, 3.05) is 7.11 Å². The molecule has 0 bridgehead atoms. The molecule has 0 amide bonds. The van der Waals surface area contributed by atoms with Crippen LogP contribution in [-0.2, 0) is 12.3 Å². The predicted octanol–water partition coefficient (Wildman–Crippen LogP) is 5.66. The van der Waals surface area contributed by atoms with Crippen molar-refractivity contribution in [3.8, 4) is 5.75 Å². The Kier molecular flexibility index (Phi) is 5.68. The van der Waals surface area contributed by atoms with Crippen LogP contribution in [0.1, 0.15) is 16.7 Å². The highest BCUT2D eigenvalue weighted by atomic mass is 32.2. The zero-order valence-electron chi connectivity index (χ0n) is 17.7. The number of fused-ring (bicyclic) bond motifs is 3. The number of ether oxygens (including phenoxy) is 1. The van der Waals surface area contributed by atoms with Gasteiger partial charge >= 0.3 is 0 Å². The molecule has 5 nitrogen and oxygen atoms in total. The lowest BCUT2D eigenvalue weighted by molar-refractivity contribution is 0.414. The third-order valence-electron chi connectivity index (χ3n) is 5.44. The summed E-state index contributed by atoms with van der Waals surface area (Å²) < 4.78 is 7.69. The molecular formula is C25H21N3O2S2. The number of thiophene rings is 1. The van der Waals surface area contributed by atoms with E-state index in [1.807, 2.05) is 48.5 Å². The molecule has 0 aliphatic carbocycles. The summed E-state index contributed by atoms with van der Waals surface area (Å²) in [6.07, 6.45) is 1.75. The van der Waals surface area contributed by atoms with Gasteiger partial charge in [0.15, 0.2) is 5.16 Å². The molecule has 0 fully saturated rings. The number of methoxy groups -OCH3 is 1. The van der Waals surface area contributed by atoms with Crippen LogP contribution in [0.3, 0.4) is 0 Å². The molecular weight excluding hydrogens is 438 g/mol. The van der Waals surface area contributed by atoms with E-state index in [0.717, 1.165) is 32.8 Å². The first-order valence-corrected chi connectivity index (χ1v) is 12.0. The highest BCUT2D eigenvalue weighted by molar-refractivity contribution is 7.98. The van der Waals surface area contributed by atoms with Gasteiger partial charge in [-0.3, -0.25) is 9.36 Å². The molecule has 2 aromatic carbocycles. The monoisotopic (exact) mass is 459 g/mol. The molecule has 0 unspecified atom stereocenters. The SMILES string of the molecule is COc1ccc(Cn2c(SCc3ccccc3C)nc3c(sc4ncccc43)c2=O)cc1. The van der Waals surface area contributed by atoms with Crippen LogP contribution in [0.4, 0.5) is 0 Å². The Labute approximate surface area is 193 Å². The van der Waals surface area contributed by atoms with Gasteiger partial charge in [-0.05, 0) is 47.9 Å². The number of hydrogen-bond donors (Lipinski definition) is 0.